The molecule has 34 heavy (non-hydrogen) atoms. The van der Waals surface area contributed by atoms with Crippen molar-refractivity contribution in [2.75, 3.05) is 0 Å². The maximum atomic E-state index is 13.7. The zero-order chi connectivity index (χ0) is 23.8. The number of aliphatic hydroxyl groups is 1. The van der Waals surface area contributed by atoms with Crippen LogP contribution in [0.3, 0.4) is 0 Å². The molecular weight excluding hydrogens is 424 g/mol. The lowest BCUT2D eigenvalue weighted by molar-refractivity contribution is -0.129. The number of nitrogens with one attached hydrogen (secondary N) is 2. The van der Waals surface area contributed by atoms with E-state index in [4.69, 9.17) is 0 Å². The predicted octanol–water partition coefficient (Wildman–Crippen LogP) is 3.97. The Morgan fingerprint density at radius 1 is 0.735 bits per heavy atom. The molecule has 2 amide bonds. The van der Waals surface area contributed by atoms with Gasteiger partial charge in [0, 0.05) is 12.5 Å². The van der Waals surface area contributed by atoms with Crippen LogP contribution in [0, 0.1) is 0 Å². The van der Waals surface area contributed by atoms with Crippen LogP contribution in [-0.2, 0) is 16.0 Å². The summed E-state index contributed by atoms with van der Waals surface area (Å²) in [6, 6.07) is 28.4. The Kier molecular flexibility index (Phi) is 8.10. The molecule has 1 aliphatic rings. The van der Waals surface area contributed by atoms with E-state index < -0.39 is 12.0 Å². The number of hydrogen-bond donors (Lipinski definition) is 3. The third kappa shape index (κ3) is 6.33. The molecule has 0 spiro atoms. The molecule has 5 nitrogen and oxygen atoms in total. The van der Waals surface area contributed by atoms with Crippen LogP contribution >= 0.6 is 0 Å². The van der Waals surface area contributed by atoms with Crippen molar-refractivity contribution >= 4 is 11.8 Å². The van der Waals surface area contributed by atoms with E-state index in [1.165, 1.54) is 0 Å². The van der Waals surface area contributed by atoms with Crippen LogP contribution in [-0.4, -0.2) is 35.1 Å². The van der Waals surface area contributed by atoms with Crippen molar-refractivity contribution in [2.24, 2.45) is 0 Å². The minimum absolute atomic E-state index is 0.0186. The summed E-state index contributed by atoms with van der Waals surface area (Å²) in [5.41, 5.74) is 2.75. The molecular formula is C29H32N2O3. The Labute approximate surface area is 201 Å². The third-order valence-electron chi connectivity index (χ3n) is 6.49. The number of carbonyl (C=O) groups is 2. The smallest absolute Gasteiger partial charge is 0.243 e. The van der Waals surface area contributed by atoms with Crippen LogP contribution in [0.15, 0.2) is 91.0 Å². The van der Waals surface area contributed by atoms with Gasteiger partial charge in [-0.3, -0.25) is 9.59 Å². The summed E-state index contributed by atoms with van der Waals surface area (Å²) in [4.78, 5) is 27.0. The molecule has 5 heteroatoms. The number of carbonyl (C=O) groups excluding carboxylic acids is 2. The molecule has 3 aromatic rings. The highest BCUT2D eigenvalue weighted by molar-refractivity contribution is 5.92. The Morgan fingerprint density at radius 3 is 1.76 bits per heavy atom. The van der Waals surface area contributed by atoms with E-state index in [1.54, 1.807) is 0 Å². The van der Waals surface area contributed by atoms with Crippen molar-refractivity contribution in [3.63, 3.8) is 0 Å². The van der Waals surface area contributed by atoms with Gasteiger partial charge in [0.15, 0.2) is 0 Å². The summed E-state index contributed by atoms with van der Waals surface area (Å²) in [7, 11) is 0. The van der Waals surface area contributed by atoms with Crippen LogP contribution in [0.4, 0.5) is 0 Å². The topological polar surface area (TPSA) is 78.4 Å². The van der Waals surface area contributed by atoms with Crippen LogP contribution in [0.5, 0.6) is 0 Å². The summed E-state index contributed by atoms with van der Waals surface area (Å²) in [6.45, 7) is 0. The average molecular weight is 457 g/mol. The van der Waals surface area contributed by atoms with Gasteiger partial charge >= 0.3 is 0 Å². The lowest BCUT2D eigenvalue weighted by Gasteiger charge is -2.29. The molecule has 1 saturated carbocycles. The highest BCUT2D eigenvalue weighted by Crippen LogP contribution is 2.25. The second-order valence-electron chi connectivity index (χ2n) is 9.02. The fraction of sp³-hybridized carbons (Fsp3) is 0.310. The lowest BCUT2D eigenvalue weighted by Crippen LogP contribution is -2.52. The maximum absolute atomic E-state index is 13.7. The molecule has 0 radical (unpaired) electrons. The molecule has 0 saturated heterocycles. The number of rotatable bonds is 8. The van der Waals surface area contributed by atoms with Gasteiger partial charge in [-0.05, 0) is 42.4 Å². The van der Waals surface area contributed by atoms with Crippen LogP contribution < -0.4 is 10.6 Å². The van der Waals surface area contributed by atoms with E-state index >= 15 is 0 Å². The SMILES string of the molecule is O=C(N[C@@H](Cc1ccccc1)C(=O)NC1CCC(O)CC1)C(c1ccccc1)c1ccccc1. The fourth-order valence-electron chi connectivity index (χ4n) is 4.62. The van der Waals surface area contributed by atoms with E-state index in [9.17, 15) is 14.7 Å². The molecule has 176 valence electrons. The van der Waals surface area contributed by atoms with Gasteiger partial charge in [0.1, 0.15) is 6.04 Å². The molecule has 3 aromatic carbocycles. The zero-order valence-corrected chi connectivity index (χ0v) is 19.3. The molecule has 4 rings (SSSR count). The fourth-order valence-corrected chi connectivity index (χ4v) is 4.62. The Morgan fingerprint density at radius 2 is 1.24 bits per heavy atom. The van der Waals surface area contributed by atoms with Crippen molar-refractivity contribution < 1.29 is 14.7 Å². The number of hydrogen-bond acceptors (Lipinski definition) is 3. The summed E-state index contributed by atoms with van der Waals surface area (Å²) in [5, 5.41) is 16.0. The van der Waals surface area contributed by atoms with Gasteiger partial charge in [-0.15, -0.1) is 0 Å². The first-order chi connectivity index (χ1) is 16.6. The van der Waals surface area contributed by atoms with E-state index in [1.807, 2.05) is 91.0 Å². The third-order valence-corrected chi connectivity index (χ3v) is 6.49. The van der Waals surface area contributed by atoms with Crippen molar-refractivity contribution in [3.8, 4) is 0 Å². The first kappa shape index (κ1) is 23.7. The molecule has 1 atom stereocenters. The number of amides is 2. The second-order valence-corrected chi connectivity index (χ2v) is 9.02. The quantitative estimate of drug-likeness (QED) is 0.480. The Hall–Kier alpha value is -3.44. The highest BCUT2D eigenvalue weighted by atomic mass is 16.3. The van der Waals surface area contributed by atoms with E-state index in [2.05, 4.69) is 10.6 Å². The number of benzene rings is 3. The molecule has 1 aliphatic carbocycles. The molecule has 0 bridgehead atoms. The van der Waals surface area contributed by atoms with Gasteiger partial charge in [0.05, 0.1) is 12.0 Å². The van der Waals surface area contributed by atoms with Gasteiger partial charge in [0.2, 0.25) is 11.8 Å². The van der Waals surface area contributed by atoms with Gasteiger partial charge in [-0.1, -0.05) is 91.0 Å². The second kappa shape index (κ2) is 11.6. The first-order valence-electron chi connectivity index (χ1n) is 12.0. The minimum atomic E-state index is -0.698. The van der Waals surface area contributed by atoms with Crippen molar-refractivity contribution in [1.82, 2.24) is 10.6 Å². The molecule has 3 N–H and O–H groups in total. The zero-order valence-electron chi connectivity index (χ0n) is 19.3. The molecule has 0 heterocycles. The summed E-state index contributed by atoms with van der Waals surface area (Å²) in [6.07, 6.45) is 2.98. The molecule has 0 aliphatic heterocycles. The van der Waals surface area contributed by atoms with Gasteiger partial charge in [0.25, 0.3) is 0 Å². The number of aliphatic hydroxyl groups excluding tert-OH is 1. The van der Waals surface area contributed by atoms with E-state index in [0.717, 1.165) is 29.5 Å². The largest absolute Gasteiger partial charge is 0.393 e. The molecule has 0 unspecified atom stereocenters. The Balaban J connectivity index is 1.56. The molecule has 1 fully saturated rings. The lowest BCUT2D eigenvalue weighted by atomic mass is 9.90. The van der Waals surface area contributed by atoms with Crippen molar-refractivity contribution in [3.05, 3.63) is 108 Å². The van der Waals surface area contributed by atoms with Crippen molar-refractivity contribution in [1.29, 1.82) is 0 Å². The van der Waals surface area contributed by atoms with E-state index in [0.29, 0.717) is 19.3 Å². The van der Waals surface area contributed by atoms with Crippen LogP contribution in [0.2, 0.25) is 0 Å². The summed E-state index contributed by atoms with van der Waals surface area (Å²) < 4.78 is 0. The molecule has 0 aromatic heterocycles. The van der Waals surface area contributed by atoms with E-state index in [-0.39, 0.29) is 24.0 Å². The maximum Gasteiger partial charge on any atom is 0.243 e. The average Bonchev–Trinajstić information content (AvgIpc) is 2.87. The van der Waals surface area contributed by atoms with Crippen LogP contribution in [0.1, 0.15) is 48.3 Å². The highest BCUT2D eigenvalue weighted by Gasteiger charge is 2.30. The van der Waals surface area contributed by atoms with Crippen molar-refractivity contribution in [2.45, 2.75) is 56.2 Å². The standard InChI is InChI=1S/C29H32N2O3/c32-25-18-16-24(17-19-25)30-28(33)26(20-21-10-4-1-5-11-21)31-29(34)27(22-12-6-2-7-13-22)23-14-8-3-9-15-23/h1-15,24-27,32H,16-20H2,(H,30,33)(H,31,34)/t24?,25?,26-/m0/s1. The van der Waals surface area contributed by atoms with Gasteiger partial charge in [-0.2, -0.15) is 0 Å². The van der Waals surface area contributed by atoms with Gasteiger partial charge in [-0.25, -0.2) is 0 Å². The normalized spacial score (nSPS) is 18.8. The summed E-state index contributed by atoms with van der Waals surface area (Å²) in [5.74, 6) is -0.899. The van der Waals surface area contributed by atoms with Gasteiger partial charge < -0.3 is 15.7 Å². The first-order valence-corrected chi connectivity index (χ1v) is 12.0. The van der Waals surface area contributed by atoms with Crippen LogP contribution in [0.25, 0.3) is 0 Å². The summed E-state index contributed by atoms with van der Waals surface area (Å²) >= 11 is 0. The minimum Gasteiger partial charge on any atom is -0.393 e. The predicted molar refractivity (Wildman–Crippen MR) is 133 cm³/mol. The monoisotopic (exact) mass is 456 g/mol. The Bertz CT molecular complexity index is 1010.